The third kappa shape index (κ3) is 3.63. The maximum atomic E-state index is 11.8. The number of furan rings is 1. The van der Waals surface area contributed by atoms with Crippen molar-refractivity contribution in [1.82, 2.24) is 5.32 Å². The molecule has 1 aromatic heterocycles. The van der Waals surface area contributed by atoms with Crippen molar-refractivity contribution in [3.63, 3.8) is 0 Å². The van der Waals surface area contributed by atoms with Gasteiger partial charge in [-0.1, -0.05) is 0 Å². The van der Waals surface area contributed by atoms with Crippen LogP contribution < -0.4 is 10.6 Å². The summed E-state index contributed by atoms with van der Waals surface area (Å²) in [5.74, 6) is 0.831. The van der Waals surface area contributed by atoms with E-state index in [1.807, 2.05) is 57.2 Å². The van der Waals surface area contributed by atoms with Gasteiger partial charge in [0.05, 0.1) is 12.3 Å². The Bertz CT molecular complexity index is 544. The number of nitrogens with one attached hydrogen (secondary N) is 2. The fraction of sp³-hybridized carbons (Fsp3) is 0.312. The van der Waals surface area contributed by atoms with Crippen LogP contribution in [-0.2, 0) is 0 Å². The number of rotatable bonds is 5. The fourth-order valence-corrected chi connectivity index (χ4v) is 1.92. The largest absolute Gasteiger partial charge is 0.467 e. The molecule has 0 fully saturated rings. The minimum atomic E-state index is -0.0503. The van der Waals surface area contributed by atoms with Crippen molar-refractivity contribution in [1.29, 1.82) is 0 Å². The minimum Gasteiger partial charge on any atom is -0.467 e. The molecule has 2 aromatic rings. The highest BCUT2D eigenvalue weighted by Crippen LogP contribution is 2.19. The van der Waals surface area contributed by atoms with Crippen LogP contribution >= 0.6 is 0 Å². The zero-order valence-electron chi connectivity index (χ0n) is 12.0. The average molecular weight is 272 g/mol. The molecule has 0 saturated heterocycles. The van der Waals surface area contributed by atoms with Crippen molar-refractivity contribution in [3.8, 4) is 0 Å². The number of hydrogen-bond acceptors (Lipinski definition) is 3. The molecule has 2 N–H and O–H groups in total. The zero-order valence-corrected chi connectivity index (χ0v) is 12.0. The molecule has 20 heavy (non-hydrogen) atoms. The molecule has 1 atom stereocenters. The standard InChI is InChI=1S/C16H20N2O2/c1-11(2)17-16(19)13-6-8-14(9-7-13)18-12(3)15-5-4-10-20-15/h4-12,18H,1-3H3,(H,17,19). The first-order chi connectivity index (χ1) is 9.56. The summed E-state index contributed by atoms with van der Waals surface area (Å²) >= 11 is 0. The molecule has 1 heterocycles. The van der Waals surface area contributed by atoms with Gasteiger partial charge in [0.2, 0.25) is 0 Å². The number of amides is 1. The first-order valence-electron chi connectivity index (χ1n) is 6.77. The lowest BCUT2D eigenvalue weighted by Gasteiger charge is -2.13. The Labute approximate surface area is 119 Å². The molecule has 0 bridgehead atoms. The van der Waals surface area contributed by atoms with Crippen molar-refractivity contribution < 1.29 is 9.21 Å². The number of carbonyl (C=O) groups excluding carboxylic acids is 1. The summed E-state index contributed by atoms with van der Waals surface area (Å²) in [6.07, 6.45) is 1.66. The highest BCUT2D eigenvalue weighted by molar-refractivity contribution is 5.94. The van der Waals surface area contributed by atoms with Crippen LogP contribution in [-0.4, -0.2) is 11.9 Å². The van der Waals surface area contributed by atoms with E-state index in [0.29, 0.717) is 5.56 Å². The number of hydrogen-bond donors (Lipinski definition) is 2. The van der Waals surface area contributed by atoms with E-state index in [-0.39, 0.29) is 18.0 Å². The molecule has 0 aliphatic heterocycles. The summed E-state index contributed by atoms with van der Waals surface area (Å²) in [5, 5.41) is 6.19. The first kappa shape index (κ1) is 14.2. The van der Waals surface area contributed by atoms with Crippen molar-refractivity contribution in [2.75, 3.05) is 5.32 Å². The highest BCUT2D eigenvalue weighted by Gasteiger charge is 2.09. The second kappa shape index (κ2) is 6.28. The molecule has 1 unspecified atom stereocenters. The van der Waals surface area contributed by atoms with Gasteiger partial charge in [-0.2, -0.15) is 0 Å². The summed E-state index contributed by atoms with van der Waals surface area (Å²) in [5.41, 5.74) is 1.62. The quantitative estimate of drug-likeness (QED) is 0.874. The molecule has 0 aliphatic carbocycles. The van der Waals surface area contributed by atoms with Crippen LogP contribution in [0.1, 0.15) is 42.9 Å². The summed E-state index contributed by atoms with van der Waals surface area (Å²) in [7, 11) is 0. The van der Waals surface area contributed by atoms with E-state index in [4.69, 9.17) is 4.42 Å². The van der Waals surface area contributed by atoms with E-state index in [2.05, 4.69) is 10.6 Å². The fourth-order valence-electron chi connectivity index (χ4n) is 1.92. The van der Waals surface area contributed by atoms with E-state index in [9.17, 15) is 4.79 Å². The normalized spacial score (nSPS) is 12.2. The van der Waals surface area contributed by atoms with E-state index in [1.165, 1.54) is 0 Å². The third-order valence-electron chi connectivity index (χ3n) is 2.92. The second-order valence-electron chi connectivity index (χ2n) is 5.09. The highest BCUT2D eigenvalue weighted by atomic mass is 16.3. The van der Waals surface area contributed by atoms with Crippen LogP contribution in [0.25, 0.3) is 0 Å². The van der Waals surface area contributed by atoms with Gasteiger partial charge in [-0.25, -0.2) is 0 Å². The van der Waals surface area contributed by atoms with Gasteiger partial charge in [0.25, 0.3) is 5.91 Å². The predicted octanol–water partition coefficient (Wildman–Crippen LogP) is 3.59. The predicted molar refractivity (Wildman–Crippen MR) is 79.8 cm³/mol. The van der Waals surface area contributed by atoms with Gasteiger partial charge in [-0.15, -0.1) is 0 Å². The molecular formula is C16H20N2O2. The van der Waals surface area contributed by atoms with Gasteiger partial charge in [-0.05, 0) is 57.2 Å². The van der Waals surface area contributed by atoms with Gasteiger partial charge < -0.3 is 15.1 Å². The summed E-state index contributed by atoms with van der Waals surface area (Å²) in [6, 6.07) is 11.4. The average Bonchev–Trinajstić information content (AvgIpc) is 2.92. The number of carbonyl (C=O) groups is 1. The number of benzene rings is 1. The Morgan fingerprint density at radius 3 is 2.35 bits per heavy atom. The molecule has 1 aromatic carbocycles. The monoisotopic (exact) mass is 272 g/mol. The Hall–Kier alpha value is -2.23. The van der Waals surface area contributed by atoms with Crippen molar-refractivity contribution in [2.45, 2.75) is 32.9 Å². The Morgan fingerprint density at radius 1 is 1.10 bits per heavy atom. The molecule has 0 radical (unpaired) electrons. The smallest absolute Gasteiger partial charge is 0.251 e. The molecular weight excluding hydrogens is 252 g/mol. The van der Waals surface area contributed by atoms with Gasteiger partial charge >= 0.3 is 0 Å². The maximum absolute atomic E-state index is 11.8. The van der Waals surface area contributed by atoms with E-state index in [1.54, 1.807) is 6.26 Å². The maximum Gasteiger partial charge on any atom is 0.251 e. The van der Waals surface area contributed by atoms with Gasteiger partial charge in [0, 0.05) is 17.3 Å². The summed E-state index contributed by atoms with van der Waals surface area (Å²) in [6.45, 7) is 5.91. The van der Waals surface area contributed by atoms with Gasteiger partial charge in [-0.3, -0.25) is 4.79 Å². The van der Waals surface area contributed by atoms with Crippen molar-refractivity contribution >= 4 is 11.6 Å². The van der Waals surface area contributed by atoms with Gasteiger partial charge in [0.15, 0.2) is 0 Å². The van der Waals surface area contributed by atoms with Crippen LogP contribution in [0.15, 0.2) is 47.1 Å². The van der Waals surface area contributed by atoms with Crippen LogP contribution in [0.3, 0.4) is 0 Å². The molecule has 0 saturated carbocycles. The topological polar surface area (TPSA) is 54.3 Å². The summed E-state index contributed by atoms with van der Waals surface area (Å²) in [4.78, 5) is 11.8. The minimum absolute atomic E-state index is 0.0503. The molecule has 4 heteroatoms. The Balaban J connectivity index is 1.99. The van der Waals surface area contributed by atoms with Crippen LogP contribution in [0.4, 0.5) is 5.69 Å². The lowest BCUT2D eigenvalue weighted by atomic mass is 10.1. The molecule has 0 spiro atoms. The van der Waals surface area contributed by atoms with Crippen molar-refractivity contribution in [2.24, 2.45) is 0 Å². The summed E-state index contributed by atoms with van der Waals surface area (Å²) < 4.78 is 5.35. The van der Waals surface area contributed by atoms with Crippen LogP contribution in [0, 0.1) is 0 Å². The van der Waals surface area contributed by atoms with E-state index in [0.717, 1.165) is 11.4 Å². The molecule has 2 rings (SSSR count). The van der Waals surface area contributed by atoms with Crippen molar-refractivity contribution in [3.05, 3.63) is 54.0 Å². The van der Waals surface area contributed by atoms with E-state index < -0.39 is 0 Å². The van der Waals surface area contributed by atoms with Crippen LogP contribution in [0.5, 0.6) is 0 Å². The Kier molecular flexibility index (Phi) is 4.45. The SMILES string of the molecule is CC(C)NC(=O)c1ccc(NC(C)c2ccco2)cc1. The van der Waals surface area contributed by atoms with Gasteiger partial charge in [0.1, 0.15) is 5.76 Å². The lowest BCUT2D eigenvalue weighted by Crippen LogP contribution is -2.29. The number of anilines is 1. The lowest BCUT2D eigenvalue weighted by molar-refractivity contribution is 0.0943. The first-order valence-corrected chi connectivity index (χ1v) is 6.77. The molecule has 1 amide bonds. The Morgan fingerprint density at radius 2 is 1.80 bits per heavy atom. The zero-order chi connectivity index (χ0) is 14.5. The molecule has 0 aliphatic rings. The van der Waals surface area contributed by atoms with Crippen LogP contribution in [0.2, 0.25) is 0 Å². The van der Waals surface area contributed by atoms with E-state index >= 15 is 0 Å². The molecule has 4 nitrogen and oxygen atoms in total. The molecule has 106 valence electrons. The third-order valence-corrected chi connectivity index (χ3v) is 2.92. The second-order valence-corrected chi connectivity index (χ2v) is 5.09.